The van der Waals surface area contributed by atoms with Crippen molar-refractivity contribution in [2.45, 2.75) is 48.4 Å². The van der Waals surface area contributed by atoms with Crippen LogP contribution in [-0.2, 0) is 11.0 Å². The summed E-state index contributed by atoms with van der Waals surface area (Å²) in [5.41, 5.74) is -0.833. The standard InChI is InChI=1S/C18H21F3N4OS2/c1-12(15(26)25-10-6-2-3-7-11-25)27-17-24-23-16(28-17)22-14-9-5-4-8-13(14)18(19,20)21/h4-5,8-9,12H,2-3,6-7,10-11H2,1H3,(H,22,23)/t12-/m1/s1. The van der Waals surface area contributed by atoms with Gasteiger partial charge >= 0.3 is 6.18 Å². The third-order valence-corrected chi connectivity index (χ3v) is 6.43. The Morgan fingerprint density at radius 1 is 1.18 bits per heavy atom. The number of amides is 1. The highest BCUT2D eigenvalue weighted by Gasteiger charge is 2.33. The number of halogens is 3. The van der Waals surface area contributed by atoms with Crippen molar-refractivity contribution in [2.24, 2.45) is 0 Å². The zero-order valence-electron chi connectivity index (χ0n) is 15.3. The van der Waals surface area contributed by atoms with Crippen molar-refractivity contribution in [3.63, 3.8) is 0 Å². The van der Waals surface area contributed by atoms with Gasteiger partial charge in [0.15, 0.2) is 4.34 Å². The van der Waals surface area contributed by atoms with Gasteiger partial charge < -0.3 is 10.2 Å². The molecule has 1 atom stereocenters. The van der Waals surface area contributed by atoms with E-state index in [1.807, 2.05) is 11.8 Å². The first-order chi connectivity index (χ1) is 13.3. The summed E-state index contributed by atoms with van der Waals surface area (Å²) in [6.07, 6.45) is -0.116. The lowest BCUT2D eigenvalue weighted by Crippen LogP contribution is -2.37. The van der Waals surface area contributed by atoms with Gasteiger partial charge in [-0.15, -0.1) is 10.2 Å². The van der Waals surface area contributed by atoms with Crippen LogP contribution in [0.2, 0.25) is 0 Å². The van der Waals surface area contributed by atoms with E-state index in [0.717, 1.165) is 56.2 Å². The van der Waals surface area contributed by atoms with Gasteiger partial charge in [0, 0.05) is 13.1 Å². The maximum Gasteiger partial charge on any atom is 0.418 e. The molecule has 1 aromatic carbocycles. The Balaban J connectivity index is 1.64. The van der Waals surface area contributed by atoms with Crippen LogP contribution < -0.4 is 5.32 Å². The summed E-state index contributed by atoms with van der Waals surface area (Å²) in [4.78, 5) is 14.5. The van der Waals surface area contributed by atoms with Crippen molar-refractivity contribution in [1.29, 1.82) is 0 Å². The summed E-state index contributed by atoms with van der Waals surface area (Å²) in [6.45, 7) is 3.38. The number of para-hydroxylation sites is 1. The summed E-state index contributed by atoms with van der Waals surface area (Å²) in [7, 11) is 0. The Morgan fingerprint density at radius 3 is 2.54 bits per heavy atom. The Hall–Kier alpha value is -1.81. The van der Waals surface area contributed by atoms with Gasteiger partial charge in [-0.3, -0.25) is 4.79 Å². The fraction of sp³-hybridized carbons (Fsp3) is 0.500. The Bertz CT molecular complexity index is 804. The molecule has 0 radical (unpaired) electrons. The van der Waals surface area contributed by atoms with E-state index in [2.05, 4.69) is 15.5 Å². The van der Waals surface area contributed by atoms with Crippen LogP contribution in [0.1, 0.15) is 38.2 Å². The van der Waals surface area contributed by atoms with Crippen LogP contribution >= 0.6 is 23.1 Å². The number of carbonyl (C=O) groups excluding carboxylic acids is 1. The SMILES string of the molecule is C[C@@H](Sc1nnc(Nc2ccccc2C(F)(F)F)s1)C(=O)N1CCCCCC1. The fourth-order valence-corrected chi connectivity index (χ4v) is 5.00. The van der Waals surface area contributed by atoms with Gasteiger partial charge in [0.2, 0.25) is 11.0 Å². The molecule has 0 unspecified atom stereocenters. The maximum atomic E-state index is 13.1. The van der Waals surface area contributed by atoms with Crippen LogP contribution in [0.3, 0.4) is 0 Å². The lowest BCUT2D eigenvalue weighted by molar-refractivity contribution is -0.137. The van der Waals surface area contributed by atoms with Gasteiger partial charge in [-0.2, -0.15) is 13.2 Å². The quantitative estimate of drug-likeness (QED) is 0.662. The van der Waals surface area contributed by atoms with Crippen molar-refractivity contribution in [1.82, 2.24) is 15.1 Å². The molecule has 28 heavy (non-hydrogen) atoms. The van der Waals surface area contributed by atoms with Crippen LogP contribution in [0, 0.1) is 0 Å². The fourth-order valence-electron chi connectivity index (χ4n) is 3.01. The molecule has 5 nitrogen and oxygen atoms in total. The van der Waals surface area contributed by atoms with Crippen LogP contribution in [-0.4, -0.2) is 39.3 Å². The third kappa shape index (κ3) is 5.38. The molecule has 0 saturated carbocycles. The molecule has 0 bridgehead atoms. The van der Waals surface area contributed by atoms with E-state index in [1.54, 1.807) is 0 Å². The van der Waals surface area contributed by atoms with Crippen LogP contribution in [0.25, 0.3) is 0 Å². The molecule has 2 aromatic rings. The number of rotatable bonds is 5. The first kappa shape index (κ1) is 20.9. The first-order valence-corrected chi connectivity index (χ1v) is 10.8. The van der Waals surface area contributed by atoms with Gasteiger partial charge in [0.25, 0.3) is 0 Å². The van der Waals surface area contributed by atoms with Crippen LogP contribution in [0.4, 0.5) is 24.0 Å². The molecule has 1 aliphatic rings. The van der Waals surface area contributed by atoms with Crippen molar-refractivity contribution < 1.29 is 18.0 Å². The first-order valence-electron chi connectivity index (χ1n) is 9.07. The number of nitrogens with one attached hydrogen (secondary N) is 1. The summed E-state index contributed by atoms with van der Waals surface area (Å²) in [6, 6.07) is 5.23. The van der Waals surface area contributed by atoms with Crippen LogP contribution in [0.5, 0.6) is 0 Å². The topological polar surface area (TPSA) is 58.1 Å². The number of hydrogen-bond acceptors (Lipinski definition) is 6. The number of thioether (sulfide) groups is 1. The highest BCUT2D eigenvalue weighted by molar-refractivity contribution is 8.02. The minimum Gasteiger partial charge on any atom is -0.342 e. The molecule has 152 valence electrons. The number of benzene rings is 1. The van der Waals surface area contributed by atoms with Crippen molar-refractivity contribution in [3.8, 4) is 0 Å². The molecule has 1 fully saturated rings. The molecule has 10 heteroatoms. The second-order valence-corrected chi connectivity index (χ2v) is 9.11. The number of likely N-dealkylation sites (tertiary alicyclic amines) is 1. The van der Waals surface area contributed by atoms with Crippen molar-refractivity contribution >= 4 is 39.8 Å². The van der Waals surface area contributed by atoms with E-state index in [0.29, 0.717) is 4.34 Å². The second kappa shape index (κ2) is 9.13. The maximum absolute atomic E-state index is 13.1. The molecule has 1 amide bonds. The van der Waals surface area contributed by atoms with E-state index < -0.39 is 11.7 Å². The molecule has 3 rings (SSSR count). The third-order valence-electron chi connectivity index (χ3n) is 4.42. The molecule has 1 saturated heterocycles. The number of anilines is 2. The molecule has 2 heterocycles. The van der Waals surface area contributed by atoms with Crippen molar-refractivity contribution in [2.75, 3.05) is 18.4 Å². The van der Waals surface area contributed by atoms with Gasteiger partial charge in [-0.25, -0.2) is 0 Å². The zero-order chi connectivity index (χ0) is 20.1. The van der Waals surface area contributed by atoms with Crippen LogP contribution in [0.15, 0.2) is 28.6 Å². The van der Waals surface area contributed by atoms with Gasteiger partial charge in [0.1, 0.15) is 0 Å². The number of nitrogens with zero attached hydrogens (tertiary/aromatic N) is 3. The zero-order valence-corrected chi connectivity index (χ0v) is 17.0. The minimum atomic E-state index is -4.46. The van der Waals surface area contributed by atoms with Gasteiger partial charge in [-0.1, -0.05) is 48.1 Å². The monoisotopic (exact) mass is 430 g/mol. The Morgan fingerprint density at radius 2 is 1.86 bits per heavy atom. The molecule has 1 N–H and O–H groups in total. The van der Waals surface area contributed by atoms with Gasteiger partial charge in [0.05, 0.1) is 16.5 Å². The predicted octanol–water partition coefficient (Wildman–Crippen LogP) is 5.18. The van der Waals surface area contributed by atoms with E-state index >= 15 is 0 Å². The molecule has 0 spiro atoms. The molecular weight excluding hydrogens is 409 g/mol. The minimum absolute atomic E-state index is 0.0685. The number of aromatic nitrogens is 2. The van der Waals surface area contributed by atoms with E-state index in [9.17, 15) is 18.0 Å². The largest absolute Gasteiger partial charge is 0.418 e. The summed E-state index contributed by atoms with van der Waals surface area (Å²) in [5.74, 6) is 0.0685. The average Bonchev–Trinajstić information content (AvgIpc) is 2.91. The number of carbonyl (C=O) groups is 1. The molecule has 1 aliphatic heterocycles. The predicted molar refractivity (Wildman–Crippen MR) is 105 cm³/mol. The second-order valence-electron chi connectivity index (χ2n) is 6.54. The lowest BCUT2D eigenvalue weighted by atomic mass is 10.2. The Labute approximate surface area is 169 Å². The summed E-state index contributed by atoms with van der Waals surface area (Å²) < 4.78 is 39.9. The highest BCUT2D eigenvalue weighted by Crippen LogP contribution is 2.37. The smallest absolute Gasteiger partial charge is 0.342 e. The normalized spacial score (nSPS) is 16.5. The van der Waals surface area contributed by atoms with Gasteiger partial charge in [-0.05, 0) is 31.9 Å². The molecule has 1 aromatic heterocycles. The molecule has 0 aliphatic carbocycles. The summed E-state index contributed by atoms with van der Waals surface area (Å²) in [5, 5.41) is 10.6. The number of alkyl halides is 3. The summed E-state index contributed by atoms with van der Waals surface area (Å²) >= 11 is 2.42. The molecular formula is C18H21F3N4OS2. The van der Waals surface area contributed by atoms with E-state index in [1.165, 1.54) is 30.0 Å². The lowest BCUT2D eigenvalue weighted by Gasteiger charge is -2.23. The van der Waals surface area contributed by atoms with E-state index in [-0.39, 0.29) is 22.0 Å². The number of hydrogen-bond donors (Lipinski definition) is 1. The van der Waals surface area contributed by atoms with Crippen molar-refractivity contribution in [3.05, 3.63) is 29.8 Å². The van der Waals surface area contributed by atoms with E-state index in [4.69, 9.17) is 0 Å². The highest BCUT2D eigenvalue weighted by atomic mass is 32.2. The average molecular weight is 431 g/mol. The Kier molecular flexibility index (Phi) is 6.82.